The maximum absolute atomic E-state index is 14.2. The van der Waals surface area contributed by atoms with Gasteiger partial charge in [0.2, 0.25) is 11.8 Å². The van der Waals surface area contributed by atoms with Crippen LogP contribution in [-0.4, -0.2) is 65.1 Å². The number of unbranched alkanes of at least 4 members (excludes halogenated alkanes) is 1. The number of hydrogen-bond acceptors (Lipinski definition) is 7. The predicted octanol–water partition coefficient (Wildman–Crippen LogP) is 5.39. The first-order valence-electron chi connectivity index (χ1n) is 14.3. The fourth-order valence-electron chi connectivity index (χ4n) is 4.41. The third-order valence-electron chi connectivity index (χ3n) is 6.92. The average molecular weight is 691 g/mol. The van der Waals surface area contributed by atoms with Gasteiger partial charge in [0.1, 0.15) is 18.3 Å². The molecule has 0 unspecified atom stereocenters. The summed E-state index contributed by atoms with van der Waals surface area (Å²) in [6.45, 7) is 5.96. The van der Waals surface area contributed by atoms with Gasteiger partial charge < -0.3 is 24.4 Å². The highest BCUT2D eigenvalue weighted by molar-refractivity contribution is 9.10. The summed E-state index contributed by atoms with van der Waals surface area (Å²) in [5.41, 5.74) is 1.03. The van der Waals surface area contributed by atoms with Crippen LogP contribution in [0.1, 0.15) is 39.2 Å². The molecule has 3 rings (SSSR count). The van der Waals surface area contributed by atoms with Crippen LogP contribution < -0.4 is 23.8 Å². The van der Waals surface area contributed by atoms with E-state index in [9.17, 15) is 18.0 Å². The summed E-state index contributed by atoms with van der Waals surface area (Å²) in [5, 5.41) is 2.88. The molecule has 0 fully saturated rings. The summed E-state index contributed by atoms with van der Waals surface area (Å²) in [6.07, 6.45) is 1.70. The van der Waals surface area contributed by atoms with Crippen molar-refractivity contribution < 1.29 is 32.2 Å². The summed E-state index contributed by atoms with van der Waals surface area (Å²) in [6, 6.07) is 17.2. The molecule has 0 aliphatic rings. The zero-order valence-corrected chi connectivity index (χ0v) is 28.1. The van der Waals surface area contributed by atoms with Gasteiger partial charge >= 0.3 is 0 Å². The van der Waals surface area contributed by atoms with E-state index in [4.69, 9.17) is 14.2 Å². The Hall–Kier alpha value is -3.77. The van der Waals surface area contributed by atoms with Gasteiger partial charge in [-0.05, 0) is 74.4 Å². The lowest BCUT2D eigenvalue weighted by Crippen LogP contribution is -2.51. The number of nitrogens with zero attached hydrogens (tertiary/aromatic N) is 2. The van der Waals surface area contributed by atoms with Crippen molar-refractivity contribution in [2.45, 2.75) is 51.1 Å². The van der Waals surface area contributed by atoms with Crippen molar-refractivity contribution in [1.29, 1.82) is 0 Å². The fourth-order valence-corrected chi connectivity index (χ4v) is 6.11. The maximum atomic E-state index is 14.2. The molecule has 0 saturated heterocycles. The number of halogens is 1. The monoisotopic (exact) mass is 689 g/mol. The Balaban J connectivity index is 2.05. The molecule has 3 aromatic carbocycles. The van der Waals surface area contributed by atoms with Crippen LogP contribution >= 0.6 is 15.9 Å². The summed E-state index contributed by atoms with van der Waals surface area (Å²) < 4.78 is 46.4. The zero-order valence-electron chi connectivity index (χ0n) is 25.7. The van der Waals surface area contributed by atoms with Crippen LogP contribution in [0.3, 0.4) is 0 Å². The number of rotatable bonds is 16. The van der Waals surface area contributed by atoms with Crippen molar-refractivity contribution in [1.82, 2.24) is 10.2 Å². The van der Waals surface area contributed by atoms with Gasteiger partial charge in [-0.3, -0.25) is 13.9 Å². The van der Waals surface area contributed by atoms with E-state index in [0.29, 0.717) is 24.7 Å². The van der Waals surface area contributed by atoms with E-state index in [2.05, 4.69) is 21.2 Å². The first-order chi connectivity index (χ1) is 21.0. The molecule has 0 heterocycles. The van der Waals surface area contributed by atoms with Crippen LogP contribution in [0, 0.1) is 0 Å². The number of ether oxygens (including phenoxy) is 3. The van der Waals surface area contributed by atoms with Crippen molar-refractivity contribution in [3.05, 3.63) is 76.8 Å². The molecule has 0 spiro atoms. The molecule has 0 aliphatic carbocycles. The van der Waals surface area contributed by atoms with Gasteiger partial charge in [-0.15, -0.1) is 0 Å². The molecule has 0 aromatic heterocycles. The van der Waals surface area contributed by atoms with Gasteiger partial charge in [0.25, 0.3) is 10.0 Å². The normalized spacial score (nSPS) is 11.8. The Morgan fingerprint density at radius 2 is 1.59 bits per heavy atom. The number of carbonyl (C=O) groups is 2. The highest BCUT2D eigenvalue weighted by Gasteiger charge is 2.33. The van der Waals surface area contributed by atoms with Gasteiger partial charge in [0.05, 0.1) is 31.4 Å². The molecule has 12 heteroatoms. The molecule has 10 nitrogen and oxygen atoms in total. The van der Waals surface area contributed by atoms with E-state index in [1.807, 2.05) is 38.1 Å². The summed E-state index contributed by atoms with van der Waals surface area (Å²) >= 11 is 3.42. The van der Waals surface area contributed by atoms with Gasteiger partial charge in [-0.25, -0.2) is 8.42 Å². The van der Waals surface area contributed by atoms with Crippen LogP contribution in [0.25, 0.3) is 0 Å². The highest BCUT2D eigenvalue weighted by Crippen LogP contribution is 2.33. The topological polar surface area (TPSA) is 114 Å². The molecule has 0 saturated carbocycles. The third-order valence-corrected chi connectivity index (χ3v) is 9.22. The number of nitrogens with one attached hydrogen (secondary N) is 1. The largest absolute Gasteiger partial charge is 0.494 e. The van der Waals surface area contributed by atoms with E-state index in [1.54, 1.807) is 31.2 Å². The minimum atomic E-state index is -4.30. The smallest absolute Gasteiger partial charge is 0.264 e. The lowest BCUT2D eigenvalue weighted by Gasteiger charge is -2.32. The van der Waals surface area contributed by atoms with Crippen molar-refractivity contribution in [3.63, 3.8) is 0 Å². The van der Waals surface area contributed by atoms with Crippen molar-refractivity contribution in [2.75, 3.05) is 38.2 Å². The second-order valence-corrected chi connectivity index (χ2v) is 12.7. The minimum Gasteiger partial charge on any atom is -0.494 e. The van der Waals surface area contributed by atoms with Crippen molar-refractivity contribution in [3.8, 4) is 17.2 Å². The second kappa shape index (κ2) is 16.3. The molecule has 1 N–H and O–H groups in total. The zero-order chi connectivity index (χ0) is 32.3. The number of amides is 2. The number of sulfonamides is 1. The molecule has 238 valence electrons. The van der Waals surface area contributed by atoms with Crippen LogP contribution in [0.5, 0.6) is 17.2 Å². The van der Waals surface area contributed by atoms with E-state index >= 15 is 0 Å². The Kier molecular flexibility index (Phi) is 12.9. The van der Waals surface area contributed by atoms with Crippen LogP contribution in [0.2, 0.25) is 0 Å². The minimum absolute atomic E-state index is 0.0957. The average Bonchev–Trinajstić information content (AvgIpc) is 3.03. The van der Waals surface area contributed by atoms with Crippen molar-refractivity contribution in [2.24, 2.45) is 0 Å². The van der Waals surface area contributed by atoms with Gasteiger partial charge in [-0.2, -0.15) is 0 Å². The summed E-state index contributed by atoms with van der Waals surface area (Å²) in [7, 11) is -1.44. The molecule has 0 radical (unpaired) electrons. The maximum Gasteiger partial charge on any atom is 0.264 e. The number of hydrogen-bond donors (Lipinski definition) is 1. The molecule has 44 heavy (non-hydrogen) atoms. The first kappa shape index (κ1) is 34.7. The Morgan fingerprint density at radius 1 is 0.932 bits per heavy atom. The molecule has 0 aliphatic heterocycles. The number of benzene rings is 3. The number of carbonyl (C=O) groups excluding carboxylic acids is 2. The molecule has 3 aromatic rings. The van der Waals surface area contributed by atoms with Crippen LogP contribution in [0.4, 0.5) is 5.69 Å². The van der Waals surface area contributed by atoms with E-state index in [-0.39, 0.29) is 28.8 Å². The first-order valence-corrected chi connectivity index (χ1v) is 16.6. The lowest BCUT2D eigenvalue weighted by atomic mass is 10.1. The van der Waals surface area contributed by atoms with Gasteiger partial charge in [-0.1, -0.05) is 41.4 Å². The standard InChI is InChI=1S/C32H40BrN3O7S/c1-6-8-19-34-32(38)23(3)35(21-24-9-11-25(33)12-10-24)31(37)22-36(26-13-15-27(16-14-26)43-7-2)44(39,40)28-17-18-29(41-4)30(20-28)42-5/h9-18,20,23H,6-8,19,21-22H2,1-5H3,(H,34,38)/t23-/m1/s1. The fraction of sp³-hybridized carbons (Fsp3) is 0.375. The summed E-state index contributed by atoms with van der Waals surface area (Å²) in [5.74, 6) is 0.267. The number of methoxy groups -OCH3 is 2. The lowest BCUT2D eigenvalue weighted by molar-refractivity contribution is -0.139. The molecule has 1 atom stereocenters. The Labute approximate surface area is 268 Å². The van der Waals surface area contributed by atoms with Gasteiger partial charge in [0.15, 0.2) is 11.5 Å². The van der Waals surface area contributed by atoms with Crippen LogP contribution in [0.15, 0.2) is 76.1 Å². The molecular formula is C32H40BrN3O7S. The van der Waals surface area contributed by atoms with E-state index in [0.717, 1.165) is 27.2 Å². The summed E-state index contributed by atoms with van der Waals surface area (Å²) in [4.78, 5) is 28.5. The SMILES string of the molecule is CCCCNC(=O)[C@@H](C)N(Cc1ccc(Br)cc1)C(=O)CN(c1ccc(OCC)cc1)S(=O)(=O)c1ccc(OC)c(OC)c1. The second-order valence-electron chi connectivity index (χ2n) is 9.92. The Morgan fingerprint density at radius 3 is 2.18 bits per heavy atom. The quantitative estimate of drug-likeness (QED) is 0.201. The van der Waals surface area contributed by atoms with Crippen molar-refractivity contribution >= 4 is 43.5 Å². The van der Waals surface area contributed by atoms with Gasteiger partial charge in [0, 0.05) is 23.6 Å². The highest BCUT2D eigenvalue weighted by atomic mass is 79.9. The molecule has 2 amide bonds. The van der Waals surface area contributed by atoms with Crippen LogP contribution in [-0.2, 0) is 26.2 Å². The number of anilines is 1. The van der Waals surface area contributed by atoms with E-state index in [1.165, 1.54) is 37.3 Å². The Bertz CT molecular complexity index is 1500. The van der Waals surface area contributed by atoms with E-state index < -0.39 is 28.5 Å². The molecular weight excluding hydrogens is 650 g/mol. The predicted molar refractivity (Wildman–Crippen MR) is 174 cm³/mol. The third kappa shape index (κ3) is 8.88. The molecule has 0 bridgehead atoms.